The standard InChI is InChI=1S/C33H39BrN2O3/c1-33(2,3)28-15-9-10-16-30(28)39-23-31(37)36(22-25-17-19-26(34)20-18-25)29(21-24-11-5-4-6-12-24)32(38)35-27-13-7-8-14-27/h4-6,9-12,15-20,27,29H,7-8,13-14,21-23H2,1-3H3,(H,35,38)/t29-/m0/s1. The molecule has 5 nitrogen and oxygen atoms in total. The van der Waals surface area contributed by atoms with Crippen LogP contribution in [0.25, 0.3) is 0 Å². The summed E-state index contributed by atoms with van der Waals surface area (Å²) in [6, 6.07) is 25.1. The molecular weight excluding hydrogens is 552 g/mol. The van der Waals surface area contributed by atoms with Gasteiger partial charge in [-0.3, -0.25) is 9.59 Å². The summed E-state index contributed by atoms with van der Waals surface area (Å²) in [5.41, 5.74) is 2.87. The number of hydrogen-bond acceptors (Lipinski definition) is 3. The lowest BCUT2D eigenvalue weighted by molar-refractivity contribution is -0.143. The molecule has 2 amide bonds. The minimum absolute atomic E-state index is 0.105. The van der Waals surface area contributed by atoms with Crippen LogP contribution in [0.15, 0.2) is 83.3 Å². The SMILES string of the molecule is CC(C)(C)c1ccccc1OCC(=O)N(Cc1ccc(Br)cc1)[C@@H](Cc1ccccc1)C(=O)NC1CCCC1. The van der Waals surface area contributed by atoms with Crippen molar-refractivity contribution in [1.29, 1.82) is 0 Å². The molecule has 3 aromatic rings. The van der Waals surface area contributed by atoms with E-state index in [2.05, 4.69) is 42.0 Å². The molecule has 0 aromatic heterocycles. The number of benzene rings is 3. The lowest BCUT2D eigenvalue weighted by Gasteiger charge is -2.32. The predicted molar refractivity (Wildman–Crippen MR) is 160 cm³/mol. The number of amides is 2. The molecule has 1 atom stereocenters. The van der Waals surface area contributed by atoms with Crippen LogP contribution in [0.5, 0.6) is 5.75 Å². The van der Waals surface area contributed by atoms with Crippen molar-refractivity contribution in [3.05, 3.63) is 100 Å². The molecule has 0 heterocycles. The van der Waals surface area contributed by atoms with Gasteiger partial charge in [0.25, 0.3) is 5.91 Å². The number of carbonyl (C=O) groups is 2. The van der Waals surface area contributed by atoms with Gasteiger partial charge in [0, 0.05) is 23.5 Å². The van der Waals surface area contributed by atoms with E-state index in [1.165, 1.54) is 0 Å². The van der Waals surface area contributed by atoms with Gasteiger partial charge in [0.2, 0.25) is 5.91 Å². The van der Waals surface area contributed by atoms with Gasteiger partial charge in [-0.25, -0.2) is 0 Å². The first-order valence-corrected chi connectivity index (χ1v) is 14.6. The Morgan fingerprint density at radius 2 is 1.56 bits per heavy atom. The lowest BCUT2D eigenvalue weighted by atomic mass is 9.86. The molecule has 206 valence electrons. The smallest absolute Gasteiger partial charge is 0.261 e. The molecule has 1 saturated carbocycles. The molecular formula is C33H39BrN2O3. The largest absolute Gasteiger partial charge is 0.483 e. The summed E-state index contributed by atoms with van der Waals surface area (Å²) in [6.45, 7) is 6.54. The summed E-state index contributed by atoms with van der Waals surface area (Å²) in [4.78, 5) is 29.4. The van der Waals surface area contributed by atoms with E-state index in [1.54, 1.807) is 4.90 Å². The molecule has 1 aliphatic rings. The van der Waals surface area contributed by atoms with E-state index in [9.17, 15) is 9.59 Å². The molecule has 6 heteroatoms. The highest BCUT2D eigenvalue weighted by atomic mass is 79.9. The van der Waals surface area contributed by atoms with Crippen LogP contribution >= 0.6 is 15.9 Å². The van der Waals surface area contributed by atoms with Gasteiger partial charge in [-0.15, -0.1) is 0 Å². The Balaban J connectivity index is 1.63. The summed E-state index contributed by atoms with van der Waals surface area (Å²) in [7, 11) is 0. The number of hydrogen-bond donors (Lipinski definition) is 1. The first-order valence-electron chi connectivity index (χ1n) is 13.8. The van der Waals surface area contributed by atoms with Gasteiger partial charge in [0.1, 0.15) is 11.8 Å². The monoisotopic (exact) mass is 590 g/mol. The average Bonchev–Trinajstić information content (AvgIpc) is 3.43. The van der Waals surface area contributed by atoms with Gasteiger partial charge >= 0.3 is 0 Å². The zero-order chi connectivity index (χ0) is 27.8. The Hall–Kier alpha value is -3.12. The van der Waals surface area contributed by atoms with Gasteiger partial charge in [-0.2, -0.15) is 0 Å². The van der Waals surface area contributed by atoms with Crippen molar-refractivity contribution in [1.82, 2.24) is 10.2 Å². The Labute approximate surface area is 241 Å². The molecule has 3 aromatic carbocycles. The summed E-state index contributed by atoms with van der Waals surface area (Å²) >= 11 is 3.49. The Morgan fingerprint density at radius 1 is 0.923 bits per heavy atom. The van der Waals surface area contributed by atoms with Gasteiger partial charge in [0.05, 0.1) is 0 Å². The van der Waals surface area contributed by atoms with Crippen molar-refractivity contribution in [2.24, 2.45) is 0 Å². The molecule has 0 unspecified atom stereocenters. The molecule has 0 saturated heterocycles. The van der Waals surface area contributed by atoms with E-state index in [4.69, 9.17) is 4.74 Å². The van der Waals surface area contributed by atoms with E-state index in [-0.39, 0.29) is 29.9 Å². The van der Waals surface area contributed by atoms with Gasteiger partial charge < -0.3 is 15.0 Å². The second-order valence-electron chi connectivity index (χ2n) is 11.4. The first kappa shape index (κ1) is 28.9. The average molecular weight is 592 g/mol. The van der Waals surface area contributed by atoms with Crippen molar-refractivity contribution >= 4 is 27.7 Å². The maximum atomic E-state index is 13.9. The fourth-order valence-corrected chi connectivity index (χ4v) is 5.41. The summed E-state index contributed by atoms with van der Waals surface area (Å²) in [6.07, 6.45) is 4.64. The van der Waals surface area contributed by atoms with Crippen LogP contribution in [0, 0.1) is 0 Å². The summed E-state index contributed by atoms with van der Waals surface area (Å²) in [5.74, 6) is 0.368. The molecule has 0 aliphatic heterocycles. The van der Waals surface area contributed by atoms with E-state index >= 15 is 0 Å². The van der Waals surface area contributed by atoms with E-state index in [0.29, 0.717) is 18.7 Å². The van der Waals surface area contributed by atoms with Crippen LogP contribution in [0.3, 0.4) is 0 Å². The fraction of sp³-hybridized carbons (Fsp3) is 0.394. The summed E-state index contributed by atoms with van der Waals surface area (Å²) < 4.78 is 7.11. The Morgan fingerprint density at radius 3 is 2.23 bits per heavy atom. The maximum Gasteiger partial charge on any atom is 0.261 e. The van der Waals surface area contributed by atoms with Crippen LogP contribution in [-0.2, 0) is 28.0 Å². The first-order chi connectivity index (χ1) is 18.7. The number of halogens is 1. The molecule has 0 bridgehead atoms. The number of nitrogens with one attached hydrogen (secondary N) is 1. The third-order valence-electron chi connectivity index (χ3n) is 7.29. The third kappa shape index (κ3) is 8.18. The minimum atomic E-state index is -0.661. The molecule has 0 radical (unpaired) electrons. The molecule has 39 heavy (non-hydrogen) atoms. The normalized spacial score (nSPS) is 14.6. The van der Waals surface area contributed by atoms with Crippen LogP contribution in [0.1, 0.15) is 63.1 Å². The van der Waals surface area contributed by atoms with Gasteiger partial charge in [-0.1, -0.05) is 110 Å². The van der Waals surface area contributed by atoms with Gasteiger partial charge in [0.15, 0.2) is 6.61 Å². The highest BCUT2D eigenvalue weighted by Gasteiger charge is 2.32. The number of ether oxygens (including phenoxy) is 1. The Kier molecular flexibility index (Phi) is 9.84. The number of para-hydroxylation sites is 1. The number of carbonyl (C=O) groups excluding carboxylic acids is 2. The highest BCUT2D eigenvalue weighted by Crippen LogP contribution is 2.31. The van der Waals surface area contributed by atoms with Crippen molar-refractivity contribution in [2.45, 2.75) is 76.9 Å². The van der Waals surface area contributed by atoms with E-state index in [1.807, 2.05) is 78.9 Å². The molecule has 1 fully saturated rings. The van der Waals surface area contributed by atoms with Crippen molar-refractivity contribution in [2.75, 3.05) is 6.61 Å². The highest BCUT2D eigenvalue weighted by molar-refractivity contribution is 9.10. The molecule has 0 spiro atoms. The molecule has 1 aliphatic carbocycles. The fourth-order valence-electron chi connectivity index (χ4n) is 5.14. The lowest BCUT2D eigenvalue weighted by Crippen LogP contribution is -2.53. The second-order valence-corrected chi connectivity index (χ2v) is 12.3. The van der Waals surface area contributed by atoms with Gasteiger partial charge in [-0.05, 0) is 53.1 Å². The van der Waals surface area contributed by atoms with Crippen molar-refractivity contribution in [3.63, 3.8) is 0 Å². The number of rotatable bonds is 10. The maximum absolute atomic E-state index is 13.9. The van der Waals surface area contributed by atoms with Crippen LogP contribution < -0.4 is 10.1 Å². The van der Waals surface area contributed by atoms with Crippen LogP contribution in [0.2, 0.25) is 0 Å². The quantitative estimate of drug-likeness (QED) is 0.282. The molecule has 1 N–H and O–H groups in total. The minimum Gasteiger partial charge on any atom is -0.483 e. The zero-order valence-corrected chi connectivity index (χ0v) is 24.7. The Bertz CT molecular complexity index is 1230. The van der Waals surface area contributed by atoms with Crippen LogP contribution in [-0.4, -0.2) is 35.4 Å². The van der Waals surface area contributed by atoms with Crippen molar-refractivity contribution in [3.8, 4) is 5.75 Å². The third-order valence-corrected chi connectivity index (χ3v) is 7.81. The van der Waals surface area contributed by atoms with E-state index < -0.39 is 6.04 Å². The second kappa shape index (κ2) is 13.3. The molecule has 4 rings (SSSR count). The topological polar surface area (TPSA) is 58.6 Å². The zero-order valence-electron chi connectivity index (χ0n) is 23.2. The summed E-state index contributed by atoms with van der Waals surface area (Å²) in [5, 5.41) is 3.25. The number of nitrogens with zero attached hydrogens (tertiary/aromatic N) is 1. The van der Waals surface area contributed by atoms with E-state index in [0.717, 1.165) is 46.8 Å². The van der Waals surface area contributed by atoms with Crippen LogP contribution in [0.4, 0.5) is 0 Å². The van der Waals surface area contributed by atoms with Crippen molar-refractivity contribution < 1.29 is 14.3 Å². The predicted octanol–water partition coefficient (Wildman–Crippen LogP) is 6.82.